The Morgan fingerprint density at radius 3 is 2.41 bits per heavy atom. The molecule has 0 fully saturated rings. The zero-order chi connectivity index (χ0) is 16.5. The van der Waals surface area contributed by atoms with Crippen molar-refractivity contribution >= 4 is 17.4 Å². The molecule has 0 amide bonds. The van der Waals surface area contributed by atoms with Gasteiger partial charge in [0.2, 0.25) is 5.28 Å². The molecule has 1 aromatic heterocycles. The SMILES string of the molecule is C=C(C)CCCN(CCC)c1nc(Cl)nc(CC)c1CCC. The van der Waals surface area contributed by atoms with Gasteiger partial charge in [0, 0.05) is 18.7 Å². The molecule has 0 aromatic carbocycles. The van der Waals surface area contributed by atoms with Crippen molar-refractivity contribution in [1.82, 2.24) is 9.97 Å². The van der Waals surface area contributed by atoms with Gasteiger partial charge in [-0.15, -0.1) is 6.58 Å². The van der Waals surface area contributed by atoms with Crippen LogP contribution in [0.3, 0.4) is 0 Å². The number of hydrogen-bond donors (Lipinski definition) is 0. The molecule has 0 saturated carbocycles. The van der Waals surface area contributed by atoms with Crippen molar-refractivity contribution < 1.29 is 0 Å². The predicted octanol–water partition coefficient (Wildman–Crippen LogP) is 5.22. The topological polar surface area (TPSA) is 29.0 Å². The molecule has 4 heteroatoms. The van der Waals surface area contributed by atoms with Crippen LogP contribution in [0.5, 0.6) is 0 Å². The minimum absolute atomic E-state index is 0.368. The largest absolute Gasteiger partial charge is 0.356 e. The van der Waals surface area contributed by atoms with Gasteiger partial charge >= 0.3 is 0 Å². The first kappa shape index (κ1) is 19.0. The van der Waals surface area contributed by atoms with Gasteiger partial charge in [-0.25, -0.2) is 9.97 Å². The minimum atomic E-state index is 0.368. The van der Waals surface area contributed by atoms with E-state index in [0.29, 0.717) is 5.28 Å². The summed E-state index contributed by atoms with van der Waals surface area (Å²) in [6, 6.07) is 0. The average molecular weight is 324 g/mol. The lowest BCUT2D eigenvalue weighted by molar-refractivity contribution is 0.693. The smallest absolute Gasteiger partial charge is 0.224 e. The molecule has 0 aliphatic rings. The number of nitrogens with zero attached hydrogens (tertiary/aromatic N) is 3. The van der Waals surface area contributed by atoms with Crippen molar-refractivity contribution in [1.29, 1.82) is 0 Å². The zero-order valence-corrected chi connectivity index (χ0v) is 15.3. The molecule has 0 N–H and O–H groups in total. The van der Waals surface area contributed by atoms with Crippen molar-refractivity contribution in [3.05, 3.63) is 28.7 Å². The van der Waals surface area contributed by atoms with Gasteiger partial charge in [0.05, 0.1) is 5.69 Å². The molecule has 0 atom stereocenters. The van der Waals surface area contributed by atoms with Gasteiger partial charge in [0.25, 0.3) is 0 Å². The van der Waals surface area contributed by atoms with E-state index in [0.717, 1.165) is 63.1 Å². The highest BCUT2D eigenvalue weighted by molar-refractivity contribution is 6.28. The van der Waals surface area contributed by atoms with Gasteiger partial charge in [-0.2, -0.15) is 0 Å². The molecule has 0 bridgehead atoms. The van der Waals surface area contributed by atoms with E-state index in [4.69, 9.17) is 11.6 Å². The highest BCUT2D eigenvalue weighted by atomic mass is 35.5. The summed E-state index contributed by atoms with van der Waals surface area (Å²) in [5.41, 5.74) is 3.61. The van der Waals surface area contributed by atoms with Gasteiger partial charge in [-0.05, 0) is 50.6 Å². The van der Waals surface area contributed by atoms with E-state index in [-0.39, 0.29) is 0 Å². The van der Waals surface area contributed by atoms with Crippen LogP contribution < -0.4 is 4.90 Å². The maximum atomic E-state index is 6.17. The molecule has 1 heterocycles. The van der Waals surface area contributed by atoms with Crippen molar-refractivity contribution in [3.63, 3.8) is 0 Å². The van der Waals surface area contributed by atoms with Crippen LogP contribution in [0.2, 0.25) is 5.28 Å². The van der Waals surface area contributed by atoms with Crippen LogP contribution >= 0.6 is 11.6 Å². The molecule has 0 unspecified atom stereocenters. The number of aryl methyl sites for hydroxylation is 1. The van der Waals surface area contributed by atoms with Crippen LogP contribution in [0, 0.1) is 0 Å². The zero-order valence-electron chi connectivity index (χ0n) is 14.6. The lowest BCUT2D eigenvalue weighted by Gasteiger charge is -2.26. The molecule has 3 nitrogen and oxygen atoms in total. The van der Waals surface area contributed by atoms with E-state index in [1.54, 1.807) is 0 Å². The number of hydrogen-bond acceptors (Lipinski definition) is 3. The third-order valence-corrected chi connectivity index (χ3v) is 3.87. The fourth-order valence-electron chi connectivity index (χ4n) is 2.71. The molecular formula is C18H30ClN3. The summed E-state index contributed by atoms with van der Waals surface area (Å²) in [5, 5.41) is 0.368. The quantitative estimate of drug-likeness (QED) is 0.437. The van der Waals surface area contributed by atoms with E-state index in [9.17, 15) is 0 Å². The maximum Gasteiger partial charge on any atom is 0.224 e. The summed E-state index contributed by atoms with van der Waals surface area (Å²) in [6.45, 7) is 14.6. The Balaban J connectivity index is 3.09. The first-order chi connectivity index (χ1) is 10.5. The van der Waals surface area contributed by atoms with Gasteiger partial charge in [-0.1, -0.05) is 32.8 Å². The van der Waals surface area contributed by atoms with Crippen LogP contribution in [-0.4, -0.2) is 23.1 Å². The van der Waals surface area contributed by atoms with Gasteiger partial charge in [0.15, 0.2) is 0 Å². The Morgan fingerprint density at radius 1 is 1.14 bits per heavy atom. The van der Waals surface area contributed by atoms with Crippen LogP contribution in [0.15, 0.2) is 12.2 Å². The molecule has 0 aliphatic carbocycles. The number of aromatic nitrogens is 2. The van der Waals surface area contributed by atoms with Crippen molar-refractivity contribution in [2.24, 2.45) is 0 Å². The molecular weight excluding hydrogens is 294 g/mol. The van der Waals surface area contributed by atoms with Crippen molar-refractivity contribution in [3.8, 4) is 0 Å². The number of rotatable bonds is 10. The lowest BCUT2D eigenvalue weighted by atomic mass is 10.1. The molecule has 22 heavy (non-hydrogen) atoms. The van der Waals surface area contributed by atoms with Crippen LogP contribution in [0.25, 0.3) is 0 Å². The Bertz CT molecular complexity index is 485. The van der Waals surface area contributed by atoms with Crippen molar-refractivity contribution in [2.45, 2.75) is 66.2 Å². The second-order valence-corrected chi connectivity index (χ2v) is 6.23. The first-order valence-corrected chi connectivity index (χ1v) is 8.85. The monoisotopic (exact) mass is 323 g/mol. The van der Waals surface area contributed by atoms with E-state index < -0.39 is 0 Å². The summed E-state index contributed by atoms with van der Waals surface area (Å²) in [4.78, 5) is 11.4. The maximum absolute atomic E-state index is 6.17. The Labute approximate surface area is 140 Å². The van der Waals surface area contributed by atoms with Gasteiger partial charge in [0.1, 0.15) is 5.82 Å². The summed E-state index contributed by atoms with van der Waals surface area (Å²) in [7, 11) is 0. The lowest BCUT2D eigenvalue weighted by Crippen LogP contribution is -2.28. The molecule has 0 aliphatic heterocycles. The van der Waals surface area contributed by atoms with E-state index in [2.05, 4.69) is 49.1 Å². The standard InChI is InChI=1S/C18H30ClN3/c1-6-10-15-16(8-3)20-18(19)21-17(15)22(12-7-2)13-9-11-14(4)5/h4,6-13H2,1-3,5H3. The summed E-state index contributed by atoms with van der Waals surface area (Å²) < 4.78 is 0. The Kier molecular flexibility index (Phi) is 8.47. The summed E-state index contributed by atoms with van der Waals surface area (Å²) in [5.74, 6) is 1.04. The third kappa shape index (κ3) is 5.60. The predicted molar refractivity (Wildman–Crippen MR) is 97.0 cm³/mol. The number of anilines is 1. The normalized spacial score (nSPS) is 10.8. The Hall–Kier alpha value is -1.09. The molecule has 1 aromatic rings. The van der Waals surface area contributed by atoms with E-state index >= 15 is 0 Å². The Morgan fingerprint density at radius 2 is 1.86 bits per heavy atom. The average Bonchev–Trinajstić information content (AvgIpc) is 2.47. The number of halogens is 1. The fourth-order valence-corrected chi connectivity index (χ4v) is 2.90. The third-order valence-electron chi connectivity index (χ3n) is 3.70. The molecule has 0 saturated heterocycles. The summed E-state index contributed by atoms with van der Waals surface area (Å²) >= 11 is 6.17. The summed E-state index contributed by atoms with van der Waals surface area (Å²) in [6.07, 6.45) is 6.26. The second-order valence-electron chi connectivity index (χ2n) is 5.89. The second kappa shape index (κ2) is 9.83. The molecule has 0 spiro atoms. The molecule has 0 radical (unpaired) electrons. The first-order valence-electron chi connectivity index (χ1n) is 8.48. The molecule has 124 valence electrons. The molecule has 1 rings (SSSR count). The fraction of sp³-hybridized carbons (Fsp3) is 0.667. The van der Waals surface area contributed by atoms with Crippen molar-refractivity contribution in [2.75, 3.05) is 18.0 Å². The highest BCUT2D eigenvalue weighted by Gasteiger charge is 2.17. The minimum Gasteiger partial charge on any atom is -0.356 e. The van der Waals surface area contributed by atoms with Crippen LogP contribution in [-0.2, 0) is 12.8 Å². The van der Waals surface area contributed by atoms with E-state index in [1.807, 2.05) is 0 Å². The number of allylic oxidation sites excluding steroid dienone is 1. The van der Waals surface area contributed by atoms with Crippen LogP contribution in [0.4, 0.5) is 5.82 Å². The van der Waals surface area contributed by atoms with E-state index in [1.165, 1.54) is 11.1 Å². The van der Waals surface area contributed by atoms with Gasteiger partial charge in [-0.3, -0.25) is 0 Å². The highest BCUT2D eigenvalue weighted by Crippen LogP contribution is 2.25. The van der Waals surface area contributed by atoms with Gasteiger partial charge < -0.3 is 4.90 Å². The van der Waals surface area contributed by atoms with Crippen LogP contribution in [0.1, 0.15) is 64.6 Å².